The van der Waals surface area contributed by atoms with Crippen molar-refractivity contribution in [2.45, 2.75) is 44.6 Å². The molecule has 2 aliphatic heterocycles. The normalized spacial score (nSPS) is 27.9. The van der Waals surface area contributed by atoms with Crippen molar-refractivity contribution < 1.29 is 9.59 Å². The molecule has 0 spiro atoms. The number of nitrogens with one attached hydrogen (secondary N) is 2. The fourth-order valence-electron chi connectivity index (χ4n) is 3.06. The molecule has 0 saturated carbocycles. The van der Waals surface area contributed by atoms with Crippen LogP contribution in [0.4, 0.5) is 0 Å². The van der Waals surface area contributed by atoms with E-state index in [1.165, 1.54) is 12.8 Å². The highest BCUT2D eigenvalue weighted by Crippen LogP contribution is 2.19. The zero-order valence-electron chi connectivity index (χ0n) is 11.8. The van der Waals surface area contributed by atoms with Gasteiger partial charge in [0.2, 0.25) is 11.8 Å². The first kappa shape index (κ1) is 14.3. The van der Waals surface area contributed by atoms with E-state index in [2.05, 4.69) is 10.6 Å². The van der Waals surface area contributed by atoms with Crippen LogP contribution in [-0.4, -0.2) is 49.4 Å². The van der Waals surface area contributed by atoms with Crippen LogP contribution in [-0.2, 0) is 9.59 Å². The first-order valence-electron chi connectivity index (χ1n) is 7.43. The Morgan fingerprint density at radius 2 is 2.11 bits per heavy atom. The van der Waals surface area contributed by atoms with Crippen LogP contribution in [0.2, 0.25) is 0 Å². The van der Waals surface area contributed by atoms with Crippen molar-refractivity contribution in [3.05, 3.63) is 0 Å². The van der Waals surface area contributed by atoms with Crippen molar-refractivity contribution in [2.75, 3.05) is 26.7 Å². The average molecular weight is 267 g/mol. The number of nitrogens with zero attached hydrogens (tertiary/aromatic N) is 1. The minimum absolute atomic E-state index is 0.0259. The molecule has 2 fully saturated rings. The first-order chi connectivity index (χ1) is 9.20. The van der Waals surface area contributed by atoms with Crippen LogP contribution in [0, 0.1) is 5.92 Å². The predicted octanol–water partition coefficient (Wildman–Crippen LogP) is 0.503. The van der Waals surface area contributed by atoms with Gasteiger partial charge in [0.05, 0.1) is 5.92 Å². The molecule has 108 valence electrons. The number of carbonyl (C=O) groups excluding carboxylic acids is 2. The quantitative estimate of drug-likeness (QED) is 0.783. The van der Waals surface area contributed by atoms with E-state index >= 15 is 0 Å². The van der Waals surface area contributed by atoms with Gasteiger partial charge in [0.25, 0.3) is 0 Å². The average Bonchev–Trinajstić information content (AvgIpc) is 2.47. The number of hydrogen-bond donors (Lipinski definition) is 2. The van der Waals surface area contributed by atoms with Crippen molar-refractivity contribution in [1.82, 2.24) is 15.5 Å². The van der Waals surface area contributed by atoms with Crippen LogP contribution in [0.5, 0.6) is 0 Å². The molecule has 2 atom stereocenters. The Kier molecular flexibility index (Phi) is 5.19. The summed E-state index contributed by atoms with van der Waals surface area (Å²) in [6.07, 6.45) is 5.94. The SMILES string of the molecule is CNC(=O)C1CCCN(C(=O)CC2CCCCN2)C1. The van der Waals surface area contributed by atoms with Gasteiger partial charge in [-0.1, -0.05) is 6.42 Å². The lowest BCUT2D eigenvalue weighted by molar-refractivity contribution is -0.136. The lowest BCUT2D eigenvalue weighted by Crippen LogP contribution is -2.47. The minimum atomic E-state index is -0.0259. The molecule has 2 aliphatic rings. The minimum Gasteiger partial charge on any atom is -0.359 e. The Labute approximate surface area is 115 Å². The molecule has 0 aliphatic carbocycles. The monoisotopic (exact) mass is 267 g/mol. The van der Waals surface area contributed by atoms with E-state index in [-0.39, 0.29) is 17.7 Å². The highest BCUT2D eigenvalue weighted by molar-refractivity contribution is 5.81. The standard InChI is InChI=1S/C14H25N3O2/c1-15-14(19)11-5-4-8-17(10-11)13(18)9-12-6-2-3-7-16-12/h11-12,16H,2-10H2,1H3,(H,15,19). The summed E-state index contributed by atoms with van der Waals surface area (Å²) < 4.78 is 0. The number of carbonyl (C=O) groups is 2. The highest BCUT2D eigenvalue weighted by Gasteiger charge is 2.29. The van der Waals surface area contributed by atoms with E-state index in [1.54, 1.807) is 7.05 Å². The lowest BCUT2D eigenvalue weighted by atomic mass is 9.96. The third-order valence-electron chi connectivity index (χ3n) is 4.22. The molecule has 2 rings (SSSR count). The Morgan fingerprint density at radius 1 is 1.26 bits per heavy atom. The number of rotatable bonds is 3. The highest BCUT2D eigenvalue weighted by atomic mass is 16.2. The molecular weight excluding hydrogens is 242 g/mol. The van der Waals surface area contributed by atoms with Crippen LogP contribution in [0.25, 0.3) is 0 Å². The molecular formula is C14H25N3O2. The maximum Gasteiger partial charge on any atom is 0.224 e. The van der Waals surface area contributed by atoms with Gasteiger partial charge in [-0.05, 0) is 32.2 Å². The maximum atomic E-state index is 12.3. The van der Waals surface area contributed by atoms with Gasteiger partial charge in [-0.2, -0.15) is 0 Å². The molecule has 0 aromatic rings. The molecule has 0 aromatic carbocycles. The van der Waals surface area contributed by atoms with E-state index in [1.807, 2.05) is 4.90 Å². The summed E-state index contributed by atoms with van der Waals surface area (Å²) in [4.78, 5) is 25.8. The topological polar surface area (TPSA) is 61.4 Å². The van der Waals surface area contributed by atoms with E-state index in [0.717, 1.165) is 32.4 Å². The zero-order chi connectivity index (χ0) is 13.7. The summed E-state index contributed by atoms with van der Waals surface area (Å²) in [6, 6.07) is 0.335. The third-order valence-corrected chi connectivity index (χ3v) is 4.22. The Bertz CT molecular complexity index is 327. The van der Waals surface area contributed by atoms with E-state index in [9.17, 15) is 9.59 Å². The molecule has 2 unspecified atom stereocenters. The van der Waals surface area contributed by atoms with Gasteiger partial charge in [-0.3, -0.25) is 9.59 Å². The Morgan fingerprint density at radius 3 is 2.79 bits per heavy atom. The molecule has 2 N–H and O–H groups in total. The van der Waals surface area contributed by atoms with Crippen LogP contribution in [0.15, 0.2) is 0 Å². The number of amides is 2. The third kappa shape index (κ3) is 3.93. The van der Waals surface area contributed by atoms with Gasteiger partial charge in [0.1, 0.15) is 0 Å². The molecule has 0 bridgehead atoms. The number of likely N-dealkylation sites (tertiary alicyclic amines) is 1. The van der Waals surface area contributed by atoms with Crippen molar-refractivity contribution in [1.29, 1.82) is 0 Å². The largest absolute Gasteiger partial charge is 0.359 e. The van der Waals surface area contributed by atoms with Crippen LogP contribution in [0.1, 0.15) is 38.5 Å². The van der Waals surface area contributed by atoms with Crippen molar-refractivity contribution in [2.24, 2.45) is 5.92 Å². The van der Waals surface area contributed by atoms with Crippen LogP contribution >= 0.6 is 0 Å². The van der Waals surface area contributed by atoms with Crippen LogP contribution in [0.3, 0.4) is 0 Å². The molecule has 5 nitrogen and oxygen atoms in total. The first-order valence-corrected chi connectivity index (χ1v) is 7.43. The zero-order valence-corrected chi connectivity index (χ0v) is 11.8. The maximum absolute atomic E-state index is 12.3. The summed E-state index contributed by atoms with van der Waals surface area (Å²) in [5, 5.41) is 6.09. The molecule has 2 saturated heterocycles. The Balaban J connectivity index is 1.82. The fraction of sp³-hybridized carbons (Fsp3) is 0.857. The van der Waals surface area contributed by atoms with Crippen molar-refractivity contribution in [3.63, 3.8) is 0 Å². The fourth-order valence-corrected chi connectivity index (χ4v) is 3.06. The molecule has 2 heterocycles. The molecule has 2 amide bonds. The lowest BCUT2D eigenvalue weighted by Gasteiger charge is -2.33. The number of hydrogen-bond acceptors (Lipinski definition) is 3. The summed E-state index contributed by atoms with van der Waals surface area (Å²) >= 11 is 0. The van der Waals surface area contributed by atoms with Crippen molar-refractivity contribution in [3.8, 4) is 0 Å². The summed E-state index contributed by atoms with van der Waals surface area (Å²) in [5.41, 5.74) is 0. The van der Waals surface area contributed by atoms with Gasteiger partial charge in [0, 0.05) is 32.6 Å². The molecule has 0 aromatic heterocycles. The Hall–Kier alpha value is -1.10. The van der Waals surface area contributed by atoms with Gasteiger partial charge in [-0.15, -0.1) is 0 Å². The van der Waals surface area contributed by atoms with Crippen LogP contribution < -0.4 is 10.6 Å². The molecule has 19 heavy (non-hydrogen) atoms. The second-order valence-electron chi connectivity index (χ2n) is 5.64. The van der Waals surface area contributed by atoms with Gasteiger partial charge < -0.3 is 15.5 Å². The molecule has 0 radical (unpaired) electrons. The summed E-state index contributed by atoms with van der Waals surface area (Å²) in [6.45, 7) is 2.42. The van der Waals surface area contributed by atoms with Crippen molar-refractivity contribution >= 4 is 11.8 Å². The number of piperidine rings is 2. The van der Waals surface area contributed by atoms with E-state index < -0.39 is 0 Å². The summed E-state index contributed by atoms with van der Waals surface area (Å²) in [5.74, 6) is 0.239. The summed E-state index contributed by atoms with van der Waals surface area (Å²) in [7, 11) is 1.66. The second kappa shape index (κ2) is 6.89. The molecule has 5 heteroatoms. The smallest absolute Gasteiger partial charge is 0.224 e. The van der Waals surface area contributed by atoms with E-state index in [0.29, 0.717) is 19.0 Å². The van der Waals surface area contributed by atoms with Gasteiger partial charge in [0.15, 0.2) is 0 Å². The van der Waals surface area contributed by atoms with E-state index in [4.69, 9.17) is 0 Å². The van der Waals surface area contributed by atoms with Gasteiger partial charge in [-0.25, -0.2) is 0 Å². The predicted molar refractivity (Wildman–Crippen MR) is 73.6 cm³/mol. The van der Waals surface area contributed by atoms with Gasteiger partial charge >= 0.3 is 0 Å². The second-order valence-corrected chi connectivity index (χ2v) is 5.64.